The van der Waals surface area contributed by atoms with Crippen molar-refractivity contribution in [3.63, 3.8) is 0 Å². The molecule has 1 heterocycles. The van der Waals surface area contributed by atoms with Gasteiger partial charge in [-0.1, -0.05) is 29.3 Å². The minimum Gasteiger partial charge on any atom is -0.506 e. The number of halogens is 4. The molecule has 0 aromatic heterocycles. The van der Waals surface area contributed by atoms with Gasteiger partial charge in [0, 0.05) is 11.1 Å². The highest BCUT2D eigenvalue weighted by molar-refractivity contribution is 9.11. The lowest BCUT2D eigenvalue weighted by molar-refractivity contribution is -0.110. The van der Waals surface area contributed by atoms with E-state index in [9.17, 15) is 9.90 Å². The number of phenolic OH excluding ortho intramolecular Hbond substituents is 1. The zero-order valence-electron chi connectivity index (χ0n) is 10.8. The highest BCUT2D eigenvalue weighted by Gasteiger charge is 2.27. The van der Waals surface area contributed by atoms with Crippen molar-refractivity contribution in [2.24, 2.45) is 0 Å². The Bertz CT molecular complexity index is 827. The number of hydrogen-bond donors (Lipinski definition) is 2. The summed E-state index contributed by atoms with van der Waals surface area (Å²) in [7, 11) is 0. The fourth-order valence-corrected chi connectivity index (χ4v) is 3.77. The average Bonchev–Trinajstić information content (AvgIpc) is 2.78. The maximum atomic E-state index is 12.2. The van der Waals surface area contributed by atoms with Crippen LogP contribution >= 0.6 is 55.1 Å². The molecule has 2 aromatic carbocycles. The standard InChI is InChI=1S/C15H7Br2Cl2NO2/c16-9-4-6(5-10(17)14(9)21)3-8-7-1-2-11(18)12(19)13(7)20-15(8)22/h1-5,21H,(H,20,22)/b8-3+. The van der Waals surface area contributed by atoms with Gasteiger partial charge in [-0.25, -0.2) is 0 Å². The highest BCUT2D eigenvalue weighted by Crippen LogP contribution is 2.42. The largest absolute Gasteiger partial charge is 0.506 e. The van der Waals surface area contributed by atoms with E-state index < -0.39 is 0 Å². The van der Waals surface area contributed by atoms with Gasteiger partial charge in [-0.15, -0.1) is 0 Å². The van der Waals surface area contributed by atoms with Gasteiger partial charge in [0.15, 0.2) is 0 Å². The van der Waals surface area contributed by atoms with Crippen LogP contribution in [0.2, 0.25) is 10.0 Å². The summed E-state index contributed by atoms with van der Waals surface area (Å²) in [6.07, 6.45) is 1.72. The molecule has 3 rings (SSSR count). The van der Waals surface area contributed by atoms with Crippen LogP contribution in [-0.4, -0.2) is 11.0 Å². The summed E-state index contributed by atoms with van der Waals surface area (Å²) in [6.45, 7) is 0. The smallest absolute Gasteiger partial charge is 0.256 e. The number of anilines is 1. The van der Waals surface area contributed by atoms with Gasteiger partial charge in [-0.3, -0.25) is 4.79 Å². The fraction of sp³-hybridized carbons (Fsp3) is 0. The van der Waals surface area contributed by atoms with E-state index in [-0.39, 0.29) is 11.7 Å². The molecule has 0 aliphatic carbocycles. The third-order valence-corrected chi connectivity index (χ3v) is 5.23. The van der Waals surface area contributed by atoms with E-state index in [1.165, 1.54) is 0 Å². The molecule has 0 spiro atoms. The van der Waals surface area contributed by atoms with Crippen molar-refractivity contribution < 1.29 is 9.90 Å². The Labute approximate surface area is 153 Å². The van der Waals surface area contributed by atoms with Gasteiger partial charge in [0.1, 0.15) is 5.75 Å². The summed E-state index contributed by atoms with van der Waals surface area (Å²) < 4.78 is 1.06. The van der Waals surface area contributed by atoms with E-state index in [2.05, 4.69) is 37.2 Å². The molecule has 1 aliphatic rings. The molecule has 2 N–H and O–H groups in total. The van der Waals surface area contributed by atoms with E-state index in [1.807, 2.05) is 0 Å². The van der Waals surface area contributed by atoms with Crippen LogP contribution in [0.15, 0.2) is 33.2 Å². The molecule has 0 atom stereocenters. The van der Waals surface area contributed by atoms with Crippen LogP contribution in [0.3, 0.4) is 0 Å². The molecular formula is C15H7Br2Cl2NO2. The molecular weight excluding hydrogens is 457 g/mol. The lowest BCUT2D eigenvalue weighted by Gasteiger charge is -2.04. The van der Waals surface area contributed by atoms with Gasteiger partial charge >= 0.3 is 0 Å². The maximum absolute atomic E-state index is 12.2. The molecule has 2 aromatic rings. The Hall–Kier alpha value is -1.01. The van der Waals surface area contributed by atoms with Gasteiger partial charge in [0.05, 0.1) is 24.7 Å². The van der Waals surface area contributed by atoms with Crippen LogP contribution in [0.1, 0.15) is 11.1 Å². The van der Waals surface area contributed by atoms with Crippen LogP contribution in [0.5, 0.6) is 5.75 Å². The highest BCUT2D eigenvalue weighted by atomic mass is 79.9. The minimum absolute atomic E-state index is 0.105. The first kappa shape index (κ1) is 15.9. The Morgan fingerprint density at radius 3 is 2.41 bits per heavy atom. The molecule has 0 saturated carbocycles. The lowest BCUT2D eigenvalue weighted by Crippen LogP contribution is -2.03. The number of nitrogens with one attached hydrogen (secondary N) is 1. The number of fused-ring (bicyclic) bond motifs is 1. The Balaban J connectivity index is 2.14. The second-order valence-electron chi connectivity index (χ2n) is 4.63. The van der Waals surface area contributed by atoms with Crippen molar-refractivity contribution >= 4 is 78.3 Å². The molecule has 0 bridgehead atoms. The number of rotatable bonds is 1. The molecule has 1 amide bonds. The summed E-state index contributed by atoms with van der Waals surface area (Å²) in [5.41, 5.74) is 2.45. The molecule has 0 saturated heterocycles. The number of hydrogen-bond acceptors (Lipinski definition) is 2. The topological polar surface area (TPSA) is 49.3 Å². The van der Waals surface area contributed by atoms with Crippen molar-refractivity contribution in [2.45, 2.75) is 0 Å². The van der Waals surface area contributed by atoms with Crippen LogP contribution in [0.4, 0.5) is 5.69 Å². The summed E-state index contributed by atoms with van der Waals surface area (Å²) in [5.74, 6) is -0.146. The normalized spacial score (nSPS) is 15.1. The van der Waals surface area contributed by atoms with E-state index in [1.54, 1.807) is 30.3 Å². The average molecular weight is 464 g/mol. The van der Waals surface area contributed by atoms with Crippen molar-refractivity contribution in [2.75, 3.05) is 5.32 Å². The van der Waals surface area contributed by atoms with E-state index in [0.29, 0.717) is 35.8 Å². The Morgan fingerprint density at radius 1 is 1.14 bits per heavy atom. The number of carbonyl (C=O) groups is 1. The first-order valence-corrected chi connectivity index (χ1v) is 8.42. The molecule has 1 aliphatic heterocycles. The van der Waals surface area contributed by atoms with E-state index >= 15 is 0 Å². The summed E-state index contributed by atoms with van der Waals surface area (Å²) in [6, 6.07) is 6.84. The number of benzene rings is 2. The summed E-state index contributed by atoms with van der Waals surface area (Å²) in [4.78, 5) is 12.2. The summed E-state index contributed by atoms with van der Waals surface area (Å²) in [5, 5.41) is 13.2. The third kappa shape index (κ3) is 2.67. The number of amides is 1. The molecule has 0 unspecified atom stereocenters. The molecule has 3 nitrogen and oxygen atoms in total. The Kier molecular flexibility index (Phi) is 4.25. The molecule has 0 radical (unpaired) electrons. The molecule has 7 heteroatoms. The molecule has 22 heavy (non-hydrogen) atoms. The second kappa shape index (κ2) is 5.89. The van der Waals surface area contributed by atoms with Gasteiger partial charge < -0.3 is 10.4 Å². The van der Waals surface area contributed by atoms with Crippen LogP contribution < -0.4 is 5.32 Å². The van der Waals surface area contributed by atoms with Crippen molar-refractivity contribution in [3.8, 4) is 5.75 Å². The quantitative estimate of drug-likeness (QED) is 0.532. The van der Waals surface area contributed by atoms with Crippen LogP contribution in [-0.2, 0) is 4.79 Å². The summed E-state index contributed by atoms with van der Waals surface area (Å²) >= 11 is 18.6. The third-order valence-electron chi connectivity index (χ3n) is 3.22. The predicted octanol–water partition coefficient (Wildman–Crippen LogP) is 5.72. The van der Waals surface area contributed by atoms with Gasteiger partial charge in [0.25, 0.3) is 5.91 Å². The SMILES string of the molecule is O=C1Nc2c(ccc(Cl)c2Cl)/C1=C\c1cc(Br)c(O)c(Br)c1. The monoisotopic (exact) mass is 461 g/mol. The maximum Gasteiger partial charge on any atom is 0.256 e. The molecule has 0 fully saturated rings. The predicted molar refractivity (Wildman–Crippen MR) is 96.5 cm³/mol. The zero-order valence-corrected chi connectivity index (χ0v) is 15.4. The van der Waals surface area contributed by atoms with E-state index in [4.69, 9.17) is 23.2 Å². The Morgan fingerprint density at radius 2 is 1.77 bits per heavy atom. The van der Waals surface area contributed by atoms with Gasteiger partial charge in [-0.2, -0.15) is 0 Å². The van der Waals surface area contributed by atoms with E-state index in [0.717, 1.165) is 5.56 Å². The molecule has 112 valence electrons. The van der Waals surface area contributed by atoms with Crippen LogP contribution in [0, 0.1) is 0 Å². The lowest BCUT2D eigenvalue weighted by atomic mass is 10.0. The second-order valence-corrected chi connectivity index (χ2v) is 7.12. The zero-order chi connectivity index (χ0) is 16.0. The number of carbonyl (C=O) groups excluding carboxylic acids is 1. The first-order chi connectivity index (χ1) is 10.4. The number of phenols is 1. The first-order valence-electron chi connectivity index (χ1n) is 6.08. The van der Waals surface area contributed by atoms with Gasteiger partial charge in [-0.05, 0) is 61.7 Å². The minimum atomic E-state index is -0.250. The van der Waals surface area contributed by atoms with Crippen molar-refractivity contribution in [1.29, 1.82) is 0 Å². The van der Waals surface area contributed by atoms with Crippen molar-refractivity contribution in [3.05, 3.63) is 54.4 Å². The fourth-order valence-electron chi connectivity index (χ4n) is 2.18. The number of aromatic hydroxyl groups is 1. The van der Waals surface area contributed by atoms with Gasteiger partial charge in [0.2, 0.25) is 0 Å². The van der Waals surface area contributed by atoms with Crippen molar-refractivity contribution in [1.82, 2.24) is 0 Å². The van der Waals surface area contributed by atoms with Crippen LogP contribution in [0.25, 0.3) is 11.6 Å².